The molecule has 19 heavy (non-hydrogen) atoms. The van der Waals surface area contributed by atoms with Gasteiger partial charge < -0.3 is 10.6 Å². The predicted octanol–water partition coefficient (Wildman–Crippen LogP) is 2.04. The van der Waals surface area contributed by atoms with Crippen LogP contribution in [0.3, 0.4) is 0 Å². The molecule has 0 aliphatic heterocycles. The molecule has 2 unspecified atom stereocenters. The van der Waals surface area contributed by atoms with E-state index in [0.717, 1.165) is 19.3 Å². The minimum Gasteiger partial charge on any atom is -0.327 e. The van der Waals surface area contributed by atoms with E-state index in [-0.39, 0.29) is 11.9 Å². The lowest BCUT2D eigenvalue weighted by atomic mass is 9.83. The number of rotatable bonds is 2. The van der Waals surface area contributed by atoms with Crippen molar-refractivity contribution in [2.75, 3.05) is 11.9 Å². The van der Waals surface area contributed by atoms with Crippen LogP contribution in [0.25, 0.3) is 0 Å². The first kappa shape index (κ1) is 13.6. The molecular weight excluding hydrogens is 238 g/mol. The van der Waals surface area contributed by atoms with Gasteiger partial charge in [-0.25, -0.2) is 0 Å². The van der Waals surface area contributed by atoms with Crippen LogP contribution in [0, 0.1) is 16.7 Å². The summed E-state index contributed by atoms with van der Waals surface area (Å²) in [5.41, 5.74) is 6.73. The topological polar surface area (TPSA) is 70.1 Å². The Bertz CT molecular complexity index is 534. The Morgan fingerprint density at radius 1 is 1.53 bits per heavy atom. The minimum absolute atomic E-state index is 0.000185. The Hall–Kier alpha value is -1.86. The number of nitrogens with two attached hydrogens (primary N) is 1. The molecule has 0 spiro atoms. The van der Waals surface area contributed by atoms with Crippen molar-refractivity contribution in [3.63, 3.8) is 0 Å². The average Bonchev–Trinajstić information content (AvgIpc) is 2.78. The van der Waals surface area contributed by atoms with Crippen LogP contribution in [0.1, 0.15) is 31.7 Å². The second-order valence-corrected chi connectivity index (χ2v) is 5.41. The Balaban J connectivity index is 2.32. The van der Waals surface area contributed by atoms with Crippen molar-refractivity contribution in [3.8, 4) is 6.07 Å². The van der Waals surface area contributed by atoms with Crippen molar-refractivity contribution in [2.45, 2.75) is 32.2 Å². The molecule has 4 nitrogen and oxygen atoms in total. The standard InChI is InChI=1S/C15H19N3O/c1-15(9-5-8-13(15)17)14(19)18(2)12-7-4-3-6-11(12)10-16/h3-4,6-7,13H,5,8-9,17H2,1-2H3. The SMILES string of the molecule is CN(C(=O)C1(C)CCCC1N)c1ccccc1C#N. The lowest BCUT2D eigenvalue weighted by molar-refractivity contribution is -0.127. The molecule has 1 amide bonds. The number of carbonyl (C=O) groups is 1. The van der Waals surface area contributed by atoms with Crippen LogP contribution in [0.5, 0.6) is 0 Å². The van der Waals surface area contributed by atoms with E-state index in [4.69, 9.17) is 11.0 Å². The molecule has 0 bridgehead atoms. The van der Waals surface area contributed by atoms with Crippen molar-refractivity contribution < 1.29 is 4.79 Å². The van der Waals surface area contributed by atoms with Crippen LogP contribution in [0.2, 0.25) is 0 Å². The zero-order valence-electron chi connectivity index (χ0n) is 11.4. The number of carbonyl (C=O) groups excluding carboxylic acids is 1. The molecule has 0 aromatic heterocycles. The van der Waals surface area contributed by atoms with E-state index in [9.17, 15) is 4.79 Å². The molecule has 1 fully saturated rings. The largest absolute Gasteiger partial charge is 0.327 e. The molecule has 1 saturated carbocycles. The van der Waals surface area contributed by atoms with Crippen molar-refractivity contribution in [1.82, 2.24) is 0 Å². The van der Waals surface area contributed by atoms with Gasteiger partial charge in [0.1, 0.15) is 6.07 Å². The van der Waals surface area contributed by atoms with Gasteiger partial charge in [-0.1, -0.05) is 18.6 Å². The lowest BCUT2D eigenvalue weighted by Crippen LogP contribution is -2.48. The summed E-state index contributed by atoms with van der Waals surface area (Å²) in [6.07, 6.45) is 2.68. The second kappa shape index (κ2) is 5.02. The Morgan fingerprint density at radius 2 is 2.21 bits per heavy atom. The van der Waals surface area contributed by atoms with Gasteiger partial charge in [-0.15, -0.1) is 0 Å². The summed E-state index contributed by atoms with van der Waals surface area (Å²) in [5, 5.41) is 9.12. The number of nitrogens with zero attached hydrogens (tertiary/aromatic N) is 2. The van der Waals surface area contributed by atoms with Gasteiger partial charge in [0.2, 0.25) is 5.91 Å². The van der Waals surface area contributed by atoms with Crippen molar-refractivity contribution in [2.24, 2.45) is 11.1 Å². The fourth-order valence-electron chi connectivity index (χ4n) is 2.81. The first-order valence-electron chi connectivity index (χ1n) is 6.53. The Morgan fingerprint density at radius 3 is 2.79 bits per heavy atom. The van der Waals surface area contributed by atoms with Gasteiger partial charge in [-0.3, -0.25) is 4.79 Å². The molecule has 100 valence electrons. The van der Waals surface area contributed by atoms with E-state index in [0.29, 0.717) is 11.3 Å². The zero-order chi connectivity index (χ0) is 14.0. The normalized spacial score (nSPS) is 25.9. The molecule has 0 heterocycles. The average molecular weight is 257 g/mol. The Kier molecular flexibility index (Phi) is 3.59. The van der Waals surface area contributed by atoms with E-state index in [1.165, 1.54) is 0 Å². The van der Waals surface area contributed by atoms with Crippen LogP contribution in [0.15, 0.2) is 24.3 Å². The van der Waals surface area contributed by atoms with Crippen molar-refractivity contribution in [1.29, 1.82) is 5.26 Å². The van der Waals surface area contributed by atoms with Crippen LogP contribution in [-0.2, 0) is 4.79 Å². The van der Waals surface area contributed by atoms with Crippen LogP contribution >= 0.6 is 0 Å². The van der Waals surface area contributed by atoms with Crippen LogP contribution in [0.4, 0.5) is 5.69 Å². The highest BCUT2D eigenvalue weighted by Gasteiger charge is 2.44. The smallest absolute Gasteiger partial charge is 0.234 e. The molecule has 1 aliphatic carbocycles. The van der Waals surface area contributed by atoms with E-state index < -0.39 is 5.41 Å². The van der Waals surface area contributed by atoms with Gasteiger partial charge in [0, 0.05) is 13.1 Å². The zero-order valence-corrected chi connectivity index (χ0v) is 11.4. The predicted molar refractivity (Wildman–Crippen MR) is 74.5 cm³/mol. The van der Waals surface area contributed by atoms with E-state index in [1.54, 1.807) is 30.1 Å². The van der Waals surface area contributed by atoms with Crippen LogP contribution < -0.4 is 10.6 Å². The fourth-order valence-corrected chi connectivity index (χ4v) is 2.81. The maximum Gasteiger partial charge on any atom is 0.234 e. The summed E-state index contributed by atoms with van der Waals surface area (Å²) >= 11 is 0. The molecule has 1 aliphatic rings. The fraction of sp³-hybridized carbons (Fsp3) is 0.467. The summed E-state index contributed by atoms with van der Waals surface area (Å²) in [6, 6.07) is 9.16. The molecule has 2 atom stereocenters. The summed E-state index contributed by atoms with van der Waals surface area (Å²) in [7, 11) is 1.72. The number of nitriles is 1. The van der Waals surface area contributed by atoms with Crippen molar-refractivity contribution >= 4 is 11.6 Å². The molecular formula is C15H19N3O. The quantitative estimate of drug-likeness (QED) is 0.881. The molecule has 0 saturated heterocycles. The van der Waals surface area contributed by atoms with E-state index >= 15 is 0 Å². The first-order valence-corrected chi connectivity index (χ1v) is 6.53. The van der Waals surface area contributed by atoms with E-state index in [2.05, 4.69) is 6.07 Å². The third-order valence-corrected chi connectivity index (χ3v) is 4.21. The van der Waals surface area contributed by atoms with Gasteiger partial charge in [-0.05, 0) is 31.9 Å². The number of anilines is 1. The lowest BCUT2D eigenvalue weighted by Gasteiger charge is -2.32. The van der Waals surface area contributed by atoms with Gasteiger partial charge in [0.15, 0.2) is 0 Å². The molecule has 4 heteroatoms. The van der Waals surface area contributed by atoms with Gasteiger partial charge >= 0.3 is 0 Å². The number of benzene rings is 1. The summed E-state index contributed by atoms with van der Waals surface area (Å²) in [5.74, 6) is 0.000185. The molecule has 0 radical (unpaired) electrons. The number of para-hydroxylation sites is 1. The third kappa shape index (κ3) is 2.22. The molecule has 1 aromatic rings. The molecule has 2 N–H and O–H groups in total. The Labute approximate surface area is 113 Å². The van der Waals surface area contributed by atoms with Gasteiger partial charge in [0.05, 0.1) is 16.7 Å². The molecule has 1 aromatic carbocycles. The minimum atomic E-state index is -0.517. The van der Waals surface area contributed by atoms with Crippen molar-refractivity contribution in [3.05, 3.63) is 29.8 Å². The summed E-state index contributed by atoms with van der Waals surface area (Å²) < 4.78 is 0. The summed E-state index contributed by atoms with van der Waals surface area (Å²) in [6.45, 7) is 1.93. The second-order valence-electron chi connectivity index (χ2n) is 5.41. The van der Waals surface area contributed by atoms with E-state index in [1.807, 2.05) is 13.0 Å². The highest BCUT2D eigenvalue weighted by molar-refractivity contribution is 5.98. The summed E-state index contributed by atoms with van der Waals surface area (Å²) in [4.78, 5) is 14.3. The van der Waals surface area contributed by atoms with Gasteiger partial charge in [-0.2, -0.15) is 5.26 Å². The highest BCUT2D eigenvalue weighted by Crippen LogP contribution is 2.39. The monoisotopic (exact) mass is 257 g/mol. The first-order chi connectivity index (χ1) is 9.00. The number of hydrogen-bond donors (Lipinski definition) is 1. The highest BCUT2D eigenvalue weighted by atomic mass is 16.2. The maximum atomic E-state index is 12.7. The number of hydrogen-bond acceptors (Lipinski definition) is 3. The van der Waals surface area contributed by atoms with Crippen LogP contribution in [-0.4, -0.2) is 19.0 Å². The third-order valence-electron chi connectivity index (χ3n) is 4.21. The molecule has 2 rings (SSSR count). The maximum absolute atomic E-state index is 12.7. The number of amides is 1. The van der Waals surface area contributed by atoms with Gasteiger partial charge in [0.25, 0.3) is 0 Å².